The molecule has 9 heteroatoms. The molecule has 3 aromatic rings. The van der Waals surface area contributed by atoms with Crippen LogP contribution in [0.15, 0.2) is 66.0 Å². The van der Waals surface area contributed by atoms with E-state index in [1.54, 1.807) is 24.5 Å². The SMILES string of the molecule is O=C(c1ccccc1C(F)(F)F)N1CCC(Cn2cnc(-c3ccncc3)cc2=O)CC1. The fraction of sp³-hybridized carbons (Fsp3) is 0.304. The minimum Gasteiger partial charge on any atom is -0.339 e. The summed E-state index contributed by atoms with van der Waals surface area (Å²) < 4.78 is 41.3. The van der Waals surface area contributed by atoms with Gasteiger partial charge in [-0.2, -0.15) is 13.2 Å². The zero-order chi connectivity index (χ0) is 22.7. The van der Waals surface area contributed by atoms with E-state index in [4.69, 9.17) is 0 Å². The quantitative estimate of drug-likeness (QED) is 0.615. The lowest BCUT2D eigenvalue weighted by Crippen LogP contribution is -2.40. The molecule has 0 saturated carbocycles. The summed E-state index contributed by atoms with van der Waals surface area (Å²) in [7, 11) is 0. The number of aromatic nitrogens is 3. The molecular weight excluding hydrogens is 421 g/mol. The molecule has 1 fully saturated rings. The topological polar surface area (TPSA) is 68.1 Å². The number of benzene rings is 1. The Bertz CT molecular complexity index is 1150. The van der Waals surface area contributed by atoms with Gasteiger partial charge in [0.1, 0.15) is 0 Å². The normalized spacial score (nSPS) is 15.0. The molecule has 1 aliphatic rings. The molecule has 0 bridgehead atoms. The van der Waals surface area contributed by atoms with E-state index in [0.717, 1.165) is 11.6 Å². The molecule has 2 aromatic heterocycles. The Balaban J connectivity index is 1.40. The lowest BCUT2D eigenvalue weighted by atomic mass is 9.95. The van der Waals surface area contributed by atoms with Crippen LogP contribution in [-0.4, -0.2) is 38.4 Å². The summed E-state index contributed by atoms with van der Waals surface area (Å²) in [6, 6.07) is 9.87. The number of carbonyl (C=O) groups excluding carboxylic acids is 1. The first-order valence-corrected chi connectivity index (χ1v) is 10.3. The van der Waals surface area contributed by atoms with Crippen molar-refractivity contribution in [2.75, 3.05) is 13.1 Å². The van der Waals surface area contributed by atoms with Crippen LogP contribution in [0.1, 0.15) is 28.8 Å². The van der Waals surface area contributed by atoms with Gasteiger partial charge in [0, 0.05) is 43.7 Å². The van der Waals surface area contributed by atoms with Gasteiger partial charge in [-0.1, -0.05) is 12.1 Å². The molecule has 0 atom stereocenters. The van der Waals surface area contributed by atoms with Crippen molar-refractivity contribution < 1.29 is 18.0 Å². The highest BCUT2D eigenvalue weighted by molar-refractivity contribution is 5.96. The number of rotatable bonds is 4. The zero-order valence-electron chi connectivity index (χ0n) is 17.1. The van der Waals surface area contributed by atoms with Crippen molar-refractivity contribution in [1.29, 1.82) is 0 Å². The van der Waals surface area contributed by atoms with Crippen molar-refractivity contribution in [3.8, 4) is 11.3 Å². The van der Waals surface area contributed by atoms with Crippen LogP contribution in [-0.2, 0) is 12.7 Å². The second kappa shape index (κ2) is 8.94. The van der Waals surface area contributed by atoms with Gasteiger partial charge in [-0.05, 0) is 43.0 Å². The summed E-state index contributed by atoms with van der Waals surface area (Å²) in [6.07, 6.45) is 1.38. The van der Waals surface area contributed by atoms with Crippen molar-refractivity contribution >= 4 is 5.91 Å². The molecular formula is C23H21F3N4O2. The number of hydrogen-bond acceptors (Lipinski definition) is 4. The Morgan fingerprint density at radius 2 is 1.75 bits per heavy atom. The summed E-state index contributed by atoms with van der Waals surface area (Å²) in [5.74, 6) is -0.486. The van der Waals surface area contributed by atoms with Crippen molar-refractivity contribution in [3.05, 3.63) is 82.7 Å². The molecule has 0 aliphatic carbocycles. The Hall–Kier alpha value is -3.49. The van der Waals surface area contributed by atoms with Gasteiger partial charge in [-0.25, -0.2) is 4.98 Å². The van der Waals surface area contributed by atoms with Gasteiger partial charge in [0.25, 0.3) is 11.5 Å². The number of carbonyl (C=O) groups is 1. The van der Waals surface area contributed by atoms with Crippen molar-refractivity contribution in [2.45, 2.75) is 25.6 Å². The molecule has 0 N–H and O–H groups in total. The fourth-order valence-corrected chi connectivity index (χ4v) is 3.93. The van der Waals surface area contributed by atoms with Crippen LogP contribution < -0.4 is 5.56 Å². The molecule has 1 saturated heterocycles. The Morgan fingerprint density at radius 3 is 2.41 bits per heavy atom. The number of alkyl halides is 3. The van der Waals surface area contributed by atoms with Gasteiger partial charge >= 0.3 is 6.18 Å². The predicted molar refractivity (Wildman–Crippen MR) is 112 cm³/mol. The van der Waals surface area contributed by atoms with E-state index in [1.807, 2.05) is 0 Å². The van der Waals surface area contributed by atoms with Gasteiger partial charge < -0.3 is 4.90 Å². The number of piperidine rings is 1. The summed E-state index contributed by atoms with van der Waals surface area (Å²) >= 11 is 0. The van der Waals surface area contributed by atoms with Crippen molar-refractivity contribution in [1.82, 2.24) is 19.4 Å². The maximum absolute atomic E-state index is 13.2. The van der Waals surface area contributed by atoms with E-state index >= 15 is 0 Å². The predicted octanol–water partition coefficient (Wildman–Crippen LogP) is 3.88. The van der Waals surface area contributed by atoms with E-state index < -0.39 is 17.6 Å². The third kappa shape index (κ3) is 4.71. The third-order valence-corrected chi connectivity index (χ3v) is 5.68. The Morgan fingerprint density at radius 1 is 1.06 bits per heavy atom. The van der Waals surface area contributed by atoms with Crippen molar-refractivity contribution in [3.63, 3.8) is 0 Å². The standard InChI is InChI=1S/C23H21F3N4O2/c24-23(25,26)19-4-2-1-3-18(19)22(32)29-11-7-16(8-12-29)14-30-15-28-20(13-21(30)31)17-5-9-27-10-6-17/h1-6,9-10,13,15-16H,7-8,11-12,14H2. The lowest BCUT2D eigenvalue weighted by Gasteiger charge is -2.32. The van der Waals surface area contributed by atoms with E-state index in [0.29, 0.717) is 38.2 Å². The summed E-state index contributed by atoms with van der Waals surface area (Å²) in [6.45, 7) is 1.13. The molecule has 0 spiro atoms. The highest BCUT2D eigenvalue weighted by Gasteiger charge is 2.36. The average Bonchev–Trinajstić information content (AvgIpc) is 2.80. The summed E-state index contributed by atoms with van der Waals surface area (Å²) in [5, 5.41) is 0. The minimum absolute atomic E-state index is 0.128. The molecule has 0 radical (unpaired) electrons. The molecule has 3 heterocycles. The highest BCUT2D eigenvalue weighted by Crippen LogP contribution is 2.33. The fourth-order valence-electron chi connectivity index (χ4n) is 3.93. The Labute approximate surface area is 182 Å². The molecule has 6 nitrogen and oxygen atoms in total. The maximum Gasteiger partial charge on any atom is 0.417 e. The number of halogens is 3. The van der Waals surface area contributed by atoms with Crippen LogP contribution in [0.4, 0.5) is 13.2 Å². The third-order valence-electron chi connectivity index (χ3n) is 5.68. The van der Waals surface area contributed by atoms with E-state index in [-0.39, 0.29) is 17.0 Å². The summed E-state index contributed by atoms with van der Waals surface area (Å²) in [4.78, 5) is 35.0. The first-order chi connectivity index (χ1) is 15.3. The largest absolute Gasteiger partial charge is 0.417 e. The number of hydrogen-bond donors (Lipinski definition) is 0. The molecule has 1 amide bonds. The van der Waals surface area contributed by atoms with Crippen molar-refractivity contribution in [2.24, 2.45) is 5.92 Å². The zero-order valence-corrected chi connectivity index (χ0v) is 17.1. The number of pyridine rings is 1. The number of amides is 1. The van der Waals surface area contributed by atoms with Crippen LogP contribution in [0, 0.1) is 5.92 Å². The van der Waals surface area contributed by atoms with Crippen LogP contribution in [0.2, 0.25) is 0 Å². The molecule has 4 rings (SSSR count). The van der Waals surface area contributed by atoms with Crippen LogP contribution in [0.3, 0.4) is 0 Å². The number of nitrogens with zero attached hydrogens (tertiary/aromatic N) is 4. The Kier molecular flexibility index (Phi) is 6.07. The van der Waals surface area contributed by atoms with Crippen LogP contribution >= 0.6 is 0 Å². The molecule has 1 aromatic carbocycles. The van der Waals surface area contributed by atoms with E-state index in [1.165, 1.54) is 40.1 Å². The van der Waals surface area contributed by atoms with Gasteiger partial charge in [0.2, 0.25) is 0 Å². The molecule has 1 aliphatic heterocycles. The monoisotopic (exact) mass is 442 g/mol. The van der Waals surface area contributed by atoms with E-state index in [2.05, 4.69) is 9.97 Å². The second-order valence-corrected chi connectivity index (χ2v) is 7.78. The molecule has 32 heavy (non-hydrogen) atoms. The first kappa shape index (κ1) is 21.7. The van der Waals surface area contributed by atoms with Crippen LogP contribution in [0.25, 0.3) is 11.3 Å². The molecule has 0 unspecified atom stereocenters. The van der Waals surface area contributed by atoms with Gasteiger partial charge in [-0.3, -0.25) is 19.1 Å². The number of likely N-dealkylation sites (tertiary alicyclic amines) is 1. The highest BCUT2D eigenvalue weighted by atomic mass is 19.4. The average molecular weight is 442 g/mol. The lowest BCUT2D eigenvalue weighted by molar-refractivity contribution is -0.138. The minimum atomic E-state index is -4.58. The van der Waals surface area contributed by atoms with Crippen LogP contribution in [0.5, 0.6) is 0 Å². The summed E-state index contributed by atoms with van der Waals surface area (Å²) in [5.41, 5.74) is -0.0540. The smallest absolute Gasteiger partial charge is 0.339 e. The maximum atomic E-state index is 13.2. The van der Waals surface area contributed by atoms with Gasteiger partial charge in [0.05, 0.1) is 23.1 Å². The van der Waals surface area contributed by atoms with Gasteiger partial charge in [0.15, 0.2) is 0 Å². The second-order valence-electron chi connectivity index (χ2n) is 7.78. The first-order valence-electron chi connectivity index (χ1n) is 10.3. The van der Waals surface area contributed by atoms with E-state index in [9.17, 15) is 22.8 Å². The molecule has 166 valence electrons. The van der Waals surface area contributed by atoms with Gasteiger partial charge in [-0.15, -0.1) is 0 Å².